The summed E-state index contributed by atoms with van der Waals surface area (Å²) in [5.41, 5.74) is 0.0400. The third kappa shape index (κ3) is 6.49. The molecule has 2 aliphatic heterocycles. The van der Waals surface area contributed by atoms with Gasteiger partial charge in [-0.1, -0.05) is 41.6 Å². The minimum absolute atomic E-state index is 0.00456. The Kier molecular flexibility index (Phi) is 8.59. The summed E-state index contributed by atoms with van der Waals surface area (Å²) in [6.45, 7) is 3.91. The van der Waals surface area contributed by atoms with Crippen molar-refractivity contribution >= 4 is 33.5 Å². The fraction of sp³-hybridized carbons (Fsp3) is 0.438. The summed E-state index contributed by atoms with van der Waals surface area (Å²) in [6, 6.07) is 11.8. The summed E-state index contributed by atoms with van der Waals surface area (Å²) < 4.78 is 46.7. The lowest BCUT2D eigenvalue weighted by molar-refractivity contribution is -0.146. The summed E-state index contributed by atoms with van der Waals surface area (Å²) in [5.74, 6) is -2.82. The number of sulfonamides is 1. The molecule has 2 saturated carbocycles. The van der Waals surface area contributed by atoms with Crippen LogP contribution < -0.4 is 14.8 Å². The quantitative estimate of drug-likeness (QED) is 0.243. The Morgan fingerprint density at radius 3 is 2.67 bits per heavy atom. The molecule has 6 rings (SSSR count). The summed E-state index contributed by atoms with van der Waals surface area (Å²) in [5, 5.41) is 17.2. The zero-order chi connectivity index (χ0) is 32.6. The number of aliphatic hydroxyl groups excluding tert-OH is 1. The highest BCUT2D eigenvalue weighted by atomic mass is 32.2. The van der Waals surface area contributed by atoms with Crippen LogP contribution in [0.1, 0.15) is 43.2 Å². The lowest BCUT2D eigenvalue weighted by atomic mass is 10.0. The molecule has 2 aromatic rings. The van der Waals surface area contributed by atoms with Gasteiger partial charge in [0.2, 0.25) is 15.9 Å². The minimum Gasteiger partial charge on any atom is -0.492 e. The first-order chi connectivity index (χ1) is 22.0. The summed E-state index contributed by atoms with van der Waals surface area (Å²) in [6.07, 6.45) is 0.572. The van der Waals surface area contributed by atoms with Crippen LogP contribution in [0.3, 0.4) is 0 Å². The maximum Gasteiger partial charge on any atom is 0.259 e. The molecule has 2 aromatic carbocycles. The molecule has 46 heavy (non-hydrogen) atoms. The number of rotatable bonds is 11. The first-order valence-corrected chi connectivity index (χ1v) is 16.7. The van der Waals surface area contributed by atoms with Gasteiger partial charge in [0.1, 0.15) is 35.4 Å². The molecule has 2 unspecified atom stereocenters. The van der Waals surface area contributed by atoms with Crippen molar-refractivity contribution in [2.24, 2.45) is 11.1 Å². The molecule has 0 bridgehead atoms. The van der Waals surface area contributed by atoms with Crippen molar-refractivity contribution in [2.75, 3.05) is 13.2 Å². The molecule has 5 atom stereocenters. The van der Waals surface area contributed by atoms with E-state index in [1.54, 1.807) is 24.3 Å². The summed E-state index contributed by atoms with van der Waals surface area (Å²) in [7, 11) is -3.88. The number of amides is 3. The number of nitrogens with zero attached hydrogens (tertiary/aromatic N) is 2. The lowest BCUT2D eigenvalue weighted by Crippen LogP contribution is -2.57. The average molecular weight is 655 g/mol. The molecule has 3 fully saturated rings. The number of halogens is 1. The van der Waals surface area contributed by atoms with E-state index in [0.717, 1.165) is 0 Å². The normalized spacial score (nSPS) is 26.8. The number of carbonyl (C=O) groups excluding carboxylic acids is 3. The molecule has 1 saturated heterocycles. The molecular formula is C32H35FN4O8S. The van der Waals surface area contributed by atoms with Crippen LogP contribution in [0, 0.1) is 11.7 Å². The Balaban J connectivity index is 1.22. The van der Waals surface area contributed by atoms with Crippen LogP contribution in [0.25, 0.3) is 0 Å². The van der Waals surface area contributed by atoms with Crippen LogP contribution in [0.4, 0.5) is 4.39 Å². The molecule has 0 spiro atoms. The lowest BCUT2D eigenvalue weighted by Gasteiger charge is -2.28. The predicted molar refractivity (Wildman–Crippen MR) is 163 cm³/mol. The van der Waals surface area contributed by atoms with Gasteiger partial charge in [0.05, 0.1) is 24.1 Å². The number of hydrogen-bond acceptors (Lipinski definition) is 9. The van der Waals surface area contributed by atoms with Gasteiger partial charge >= 0.3 is 0 Å². The van der Waals surface area contributed by atoms with Crippen molar-refractivity contribution in [3.63, 3.8) is 0 Å². The van der Waals surface area contributed by atoms with E-state index < -0.39 is 68.5 Å². The number of oxime groups is 1. The second kappa shape index (κ2) is 12.5. The fourth-order valence-electron chi connectivity index (χ4n) is 5.98. The number of fused-ring (bicyclic) bond motifs is 1. The Morgan fingerprint density at radius 2 is 1.98 bits per heavy atom. The van der Waals surface area contributed by atoms with E-state index in [-0.39, 0.29) is 25.8 Å². The van der Waals surface area contributed by atoms with Crippen LogP contribution in [0.2, 0.25) is 0 Å². The van der Waals surface area contributed by atoms with Gasteiger partial charge in [-0.25, -0.2) is 12.8 Å². The van der Waals surface area contributed by atoms with Crippen molar-refractivity contribution in [3.8, 4) is 5.75 Å². The topological polar surface area (TPSA) is 164 Å². The van der Waals surface area contributed by atoms with Crippen LogP contribution in [0.15, 0.2) is 66.3 Å². The first-order valence-electron chi connectivity index (χ1n) is 15.2. The molecule has 4 aliphatic rings. The molecule has 0 aromatic heterocycles. The van der Waals surface area contributed by atoms with Gasteiger partial charge in [0.25, 0.3) is 11.8 Å². The predicted octanol–water partition coefficient (Wildman–Crippen LogP) is 1.57. The van der Waals surface area contributed by atoms with Crippen LogP contribution >= 0.6 is 0 Å². The first kappa shape index (κ1) is 31.7. The van der Waals surface area contributed by atoms with Gasteiger partial charge in [0.15, 0.2) is 0 Å². The fourth-order valence-corrected chi connectivity index (χ4v) is 7.34. The Morgan fingerprint density at radius 1 is 1.22 bits per heavy atom. The molecule has 12 nitrogen and oxygen atoms in total. The van der Waals surface area contributed by atoms with Gasteiger partial charge < -0.3 is 24.9 Å². The third-order valence-corrected chi connectivity index (χ3v) is 10.6. The van der Waals surface area contributed by atoms with Gasteiger partial charge in [-0.3, -0.25) is 19.1 Å². The zero-order valence-corrected chi connectivity index (χ0v) is 25.7. The Labute approximate surface area is 265 Å². The maximum absolute atomic E-state index is 14.0. The minimum atomic E-state index is -3.88. The number of aliphatic hydroxyl groups is 1. The van der Waals surface area contributed by atoms with Gasteiger partial charge in [-0.2, -0.15) is 0 Å². The average Bonchev–Trinajstić information content (AvgIpc) is 3.96. The Hall–Kier alpha value is -4.30. The van der Waals surface area contributed by atoms with Crippen LogP contribution in [0.5, 0.6) is 5.75 Å². The molecule has 0 radical (unpaired) electrons. The summed E-state index contributed by atoms with van der Waals surface area (Å²) >= 11 is 0. The van der Waals surface area contributed by atoms with Crippen molar-refractivity contribution in [1.29, 1.82) is 0 Å². The van der Waals surface area contributed by atoms with Crippen molar-refractivity contribution < 1.29 is 41.9 Å². The largest absolute Gasteiger partial charge is 0.492 e. The maximum atomic E-state index is 14.0. The molecule has 3 amide bonds. The van der Waals surface area contributed by atoms with Crippen molar-refractivity contribution in [1.82, 2.24) is 14.9 Å². The summed E-state index contributed by atoms with van der Waals surface area (Å²) in [4.78, 5) is 47.7. The molecular weight excluding hydrogens is 619 g/mol. The zero-order valence-electron chi connectivity index (χ0n) is 24.9. The second-order valence-corrected chi connectivity index (χ2v) is 14.1. The van der Waals surface area contributed by atoms with E-state index in [9.17, 15) is 32.3 Å². The van der Waals surface area contributed by atoms with E-state index in [4.69, 9.17) is 9.57 Å². The number of carbonyl (C=O) groups is 3. The van der Waals surface area contributed by atoms with Crippen LogP contribution in [-0.2, 0) is 35.7 Å². The molecule has 14 heteroatoms. The van der Waals surface area contributed by atoms with E-state index in [0.29, 0.717) is 48.5 Å². The highest BCUT2D eigenvalue weighted by Gasteiger charge is 2.62. The van der Waals surface area contributed by atoms with E-state index in [1.165, 1.54) is 29.2 Å². The highest BCUT2D eigenvalue weighted by molar-refractivity contribution is 7.91. The van der Waals surface area contributed by atoms with Gasteiger partial charge in [-0.15, -0.1) is 6.58 Å². The van der Waals surface area contributed by atoms with Crippen LogP contribution in [-0.4, -0.2) is 84.0 Å². The number of likely N-dealkylation sites (tertiary alicyclic amines) is 1. The standard InChI is InChI=1S/C32H35FN4O8S/c1-2-20-17-32(20,31(41)36-46(42,43)23-9-10-23)34-29(39)26-16-22(18-37(26)30(40)27(38)14-19-6-4-3-5-7-19)45-35-25-12-13-44-28-11-8-21(33)15-24(25)28/h2-8,11,15,20,22-23,26-27,38H,1,9-10,12-14,16-18H2,(H,34,39)(H,36,41)/b35-25+/t20-,22?,26?,27+,32+/m1/s1. The molecule has 244 valence electrons. The number of ether oxygens (including phenoxy) is 1. The SMILES string of the molecule is C=C[C@@H]1C[C@@]1(NC(=O)C1CC(O/N=C2\CCOc3ccc(F)cc32)CN1C(=O)[C@@H](O)Cc1ccccc1)C(=O)NS(=O)(=O)C1CC1. The highest BCUT2D eigenvalue weighted by Crippen LogP contribution is 2.45. The molecule has 2 heterocycles. The van der Waals surface area contributed by atoms with Crippen molar-refractivity contribution in [2.45, 2.75) is 67.6 Å². The number of benzene rings is 2. The van der Waals surface area contributed by atoms with E-state index >= 15 is 0 Å². The smallest absolute Gasteiger partial charge is 0.259 e. The Bertz CT molecular complexity index is 1680. The molecule has 3 N–H and O–H groups in total. The third-order valence-electron chi connectivity index (χ3n) is 8.82. The number of hydrogen-bond donors (Lipinski definition) is 3. The second-order valence-electron chi connectivity index (χ2n) is 12.1. The van der Waals surface area contributed by atoms with E-state index in [1.807, 2.05) is 6.07 Å². The van der Waals surface area contributed by atoms with Crippen molar-refractivity contribution in [3.05, 3.63) is 78.1 Å². The van der Waals surface area contributed by atoms with E-state index in [2.05, 4.69) is 21.8 Å². The molecule has 2 aliphatic carbocycles. The van der Waals surface area contributed by atoms with Gasteiger partial charge in [0, 0.05) is 30.7 Å². The number of nitrogens with one attached hydrogen (secondary N) is 2. The monoisotopic (exact) mass is 654 g/mol. The van der Waals surface area contributed by atoms with Gasteiger partial charge in [-0.05, 0) is 43.0 Å².